The van der Waals surface area contributed by atoms with Gasteiger partial charge in [0, 0.05) is 11.6 Å². The second-order valence-corrected chi connectivity index (χ2v) is 5.83. The quantitative estimate of drug-likeness (QED) is 0.194. The van der Waals surface area contributed by atoms with Crippen LogP contribution in [0.15, 0.2) is 21.7 Å². The maximum absolute atomic E-state index is 13.1. The predicted octanol–water partition coefficient (Wildman–Crippen LogP) is 4.86. The fraction of sp³-hybridized carbons (Fsp3) is 0.462. The van der Waals surface area contributed by atoms with Gasteiger partial charge in [-0.2, -0.15) is 35.8 Å². The van der Waals surface area contributed by atoms with E-state index in [-0.39, 0.29) is 22.4 Å². The summed E-state index contributed by atoms with van der Waals surface area (Å²) in [6.45, 7) is 1.87. The van der Waals surface area contributed by atoms with Crippen LogP contribution in [0.3, 0.4) is 0 Å². The van der Waals surface area contributed by atoms with E-state index in [1.807, 2.05) is 0 Å². The number of nitrogens with zero attached hydrogens (tertiary/aromatic N) is 2. The number of hydrogen-bond acceptors (Lipinski definition) is 5. The topological polar surface area (TPSA) is 76.8 Å². The van der Waals surface area contributed by atoms with Crippen LogP contribution in [-0.2, 0) is 0 Å². The van der Waals surface area contributed by atoms with E-state index in [0.29, 0.717) is 18.1 Å². The molecule has 0 spiro atoms. The Hall–Kier alpha value is -2.12. The molecule has 1 aromatic carbocycles. The largest absolute Gasteiger partial charge is 0.486 e. The van der Waals surface area contributed by atoms with Gasteiger partial charge in [-0.3, -0.25) is 10.1 Å². The van der Waals surface area contributed by atoms with Gasteiger partial charge in [0.15, 0.2) is 0 Å². The van der Waals surface area contributed by atoms with Crippen LogP contribution in [0.4, 0.5) is 36.4 Å². The molecule has 0 aliphatic carbocycles. The molecule has 0 fully saturated rings. The summed E-state index contributed by atoms with van der Waals surface area (Å²) < 4.78 is 92.8. The highest BCUT2D eigenvalue weighted by Gasteiger charge is 2.73. The molecular weight excluding hydrogens is 459 g/mol. The summed E-state index contributed by atoms with van der Waals surface area (Å²) in [5, 5.41) is 13.7. The molecule has 0 aliphatic rings. The monoisotopic (exact) mass is 469 g/mol. The Kier molecular flexibility index (Phi) is 7.02. The van der Waals surface area contributed by atoms with Crippen molar-refractivity contribution >= 4 is 27.8 Å². The highest BCUT2D eigenvalue weighted by Crippen LogP contribution is 2.45. The third kappa shape index (κ3) is 5.20. The molecule has 1 aromatic rings. The lowest BCUT2D eigenvalue weighted by molar-refractivity contribution is -0.386. The first kappa shape index (κ1) is 22.9. The smallest absolute Gasteiger partial charge is 0.462 e. The van der Waals surface area contributed by atoms with Gasteiger partial charge in [-0.1, -0.05) is 6.92 Å². The number of alkyl halides is 7. The first-order valence-electron chi connectivity index (χ1n) is 6.98. The number of nitrogens with one attached hydrogen (secondary N) is 1. The van der Waals surface area contributed by atoms with Crippen molar-refractivity contribution < 1.29 is 40.4 Å². The molecule has 1 N–H and O–H groups in total. The summed E-state index contributed by atoms with van der Waals surface area (Å²) in [6, 6.07) is -3.81. The third-order valence-corrected chi connectivity index (χ3v) is 3.45. The van der Waals surface area contributed by atoms with Crippen LogP contribution in [0.1, 0.15) is 18.9 Å². The Balaban J connectivity index is 3.10. The van der Waals surface area contributed by atoms with E-state index < -0.39 is 28.8 Å². The molecule has 0 amide bonds. The average molecular weight is 470 g/mol. The number of nitro benzene ring substituents is 1. The minimum Gasteiger partial charge on any atom is -0.486 e. The van der Waals surface area contributed by atoms with Crippen molar-refractivity contribution in [3.63, 3.8) is 0 Å². The zero-order valence-electron chi connectivity index (χ0n) is 13.3. The molecule has 0 saturated carbocycles. The number of hydrogen-bond donors (Lipinski definition) is 1. The van der Waals surface area contributed by atoms with Gasteiger partial charge >= 0.3 is 23.8 Å². The van der Waals surface area contributed by atoms with E-state index in [9.17, 15) is 40.8 Å². The molecule has 1 rings (SSSR count). The van der Waals surface area contributed by atoms with Crippen molar-refractivity contribution in [1.29, 1.82) is 0 Å². The number of rotatable bonds is 8. The fourth-order valence-corrected chi connectivity index (χ4v) is 2.17. The van der Waals surface area contributed by atoms with Crippen molar-refractivity contribution in [3.8, 4) is 5.75 Å². The Morgan fingerprint density at radius 2 is 1.85 bits per heavy atom. The second-order valence-electron chi connectivity index (χ2n) is 4.97. The molecule has 6 nitrogen and oxygen atoms in total. The molecule has 0 aliphatic heterocycles. The van der Waals surface area contributed by atoms with E-state index in [1.54, 1.807) is 6.92 Å². The molecular formula is C13H11BrF7N3O3. The number of halogens is 8. The van der Waals surface area contributed by atoms with Crippen molar-refractivity contribution in [2.45, 2.75) is 31.5 Å². The molecule has 0 saturated heterocycles. The average Bonchev–Trinajstić information content (AvgIpc) is 2.51. The van der Waals surface area contributed by atoms with Gasteiger partial charge in [0.05, 0.1) is 22.2 Å². The van der Waals surface area contributed by atoms with Crippen molar-refractivity contribution in [1.82, 2.24) is 5.43 Å². The van der Waals surface area contributed by atoms with E-state index >= 15 is 0 Å². The zero-order chi connectivity index (χ0) is 21.0. The number of nitro groups is 1. The van der Waals surface area contributed by atoms with Crippen LogP contribution in [0.2, 0.25) is 0 Å². The minimum atomic E-state index is -6.51. The third-order valence-electron chi connectivity index (χ3n) is 2.86. The summed E-state index contributed by atoms with van der Waals surface area (Å²) in [4.78, 5) is 10.2. The first-order chi connectivity index (χ1) is 12.2. The van der Waals surface area contributed by atoms with Gasteiger partial charge < -0.3 is 4.74 Å². The Labute approximate surface area is 155 Å². The van der Waals surface area contributed by atoms with Gasteiger partial charge in [-0.05, 0) is 28.4 Å². The SMILES string of the molecule is CCCOc1c(Br)cc(/C=N\NC(F)(F)C(F)(F)C(F)(F)F)cc1[N+](=O)[O-]. The van der Waals surface area contributed by atoms with Gasteiger partial charge in [-0.15, -0.1) is 0 Å². The fourth-order valence-electron chi connectivity index (χ4n) is 1.59. The maximum Gasteiger partial charge on any atom is 0.462 e. The van der Waals surface area contributed by atoms with Crippen LogP contribution in [0, 0.1) is 10.1 Å². The molecule has 27 heavy (non-hydrogen) atoms. The lowest BCUT2D eigenvalue weighted by atomic mass is 10.2. The van der Waals surface area contributed by atoms with E-state index in [4.69, 9.17) is 4.74 Å². The Morgan fingerprint density at radius 3 is 2.33 bits per heavy atom. The van der Waals surface area contributed by atoms with E-state index in [2.05, 4.69) is 21.0 Å². The van der Waals surface area contributed by atoms with Crippen LogP contribution < -0.4 is 10.2 Å². The number of hydrazone groups is 1. The molecule has 0 unspecified atom stereocenters. The summed E-state index contributed by atoms with van der Waals surface area (Å²) >= 11 is 2.96. The highest BCUT2D eigenvalue weighted by atomic mass is 79.9. The minimum absolute atomic E-state index is 0.0268. The van der Waals surface area contributed by atoms with E-state index in [1.165, 1.54) is 0 Å². The molecule has 0 heterocycles. The van der Waals surface area contributed by atoms with Crippen LogP contribution in [0.25, 0.3) is 0 Å². The summed E-state index contributed by atoms with van der Waals surface area (Å²) in [5.74, 6) is -6.55. The molecule has 0 aromatic heterocycles. The van der Waals surface area contributed by atoms with Gasteiger partial charge in [-0.25, -0.2) is 5.43 Å². The molecule has 0 atom stereocenters. The second kappa shape index (κ2) is 8.27. The standard InChI is InChI=1S/C13H11BrF7N3O3/c1-2-3-27-10-8(14)4-7(5-9(10)24(25)26)6-22-23-13(20,21)11(15,16)12(17,18)19/h4-6,23H,2-3H2,1H3/b22-6-. The van der Waals surface area contributed by atoms with Gasteiger partial charge in [0.1, 0.15) is 0 Å². The number of ether oxygens (including phenoxy) is 1. The van der Waals surface area contributed by atoms with E-state index in [0.717, 1.165) is 12.1 Å². The lowest BCUT2D eigenvalue weighted by Gasteiger charge is -2.27. The zero-order valence-corrected chi connectivity index (χ0v) is 14.9. The first-order valence-corrected chi connectivity index (χ1v) is 7.77. The molecule has 0 bridgehead atoms. The van der Waals surface area contributed by atoms with Gasteiger partial charge in [0.2, 0.25) is 5.75 Å². The maximum atomic E-state index is 13.1. The van der Waals surface area contributed by atoms with Crippen LogP contribution in [0.5, 0.6) is 5.75 Å². The van der Waals surface area contributed by atoms with Gasteiger partial charge in [0.25, 0.3) is 0 Å². The lowest BCUT2D eigenvalue weighted by Crippen LogP contribution is -2.58. The summed E-state index contributed by atoms with van der Waals surface area (Å²) in [5.41, 5.74) is -0.410. The predicted molar refractivity (Wildman–Crippen MR) is 83.3 cm³/mol. The van der Waals surface area contributed by atoms with Crippen molar-refractivity contribution in [2.24, 2.45) is 5.10 Å². The normalized spacial score (nSPS) is 13.1. The summed E-state index contributed by atoms with van der Waals surface area (Å²) in [6.07, 6.45) is -5.57. The van der Waals surface area contributed by atoms with Crippen molar-refractivity contribution in [3.05, 3.63) is 32.3 Å². The molecule has 14 heteroatoms. The Bertz CT molecular complexity index is 726. The highest BCUT2D eigenvalue weighted by molar-refractivity contribution is 9.10. The summed E-state index contributed by atoms with van der Waals surface area (Å²) in [7, 11) is 0. The number of benzene rings is 1. The Morgan fingerprint density at radius 1 is 1.26 bits per heavy atom. The van der Waals surface area contributed by atoms with Crippen molar-refractivity contribution in [2.75, 3.05) is 6.61 Å². The molecule has 152 valence electrons. The van der Waals surface area contributed by atoms with Crippen LogP contribution >= 0.6 is 15.9 Å². The molecule has 0 radical (unpaired) electrons. The van der Waals surface area contributed by atoms with Crippen LogP contribution in [-0.4, -0.2) is 35.9 Å².